The lowest BCUT2D eigenvalue weighted by Gasteiger charge is -2.23. The van der Waals surface area contributed by atoms with Crippen molar-refractivity contribution in [3.05, 3.63) is 53.9 Å². The van der Waals surface area contributed by atoms with Crippen LogP contribution >= 0.6 is 0 Å². The van der Waals surface area contributed by atoms with E-state index >= 15 is 0 Å². The van der Waals surface area contributed by atoms with Gasteiger partial charge in [0.1, 0.15) is 5.75 Å². The van der Waals surface area contributed by atoms with Crippen molar-refractivity contribution in [3.63, 3.8) is 0 Å². The number of pyridine rings is 1. The van der Waals surface area contributed by atoms with Crippen LogP contribution in [0.5, 0.6) is 5.75 Å². The van der Waals surface area contributed by atoms with E-state index in [2.05, 4.69) is 45.5 Å². The van der Waals surface area contributed by atoms with Gasteiger partial charge in [-0.3, -0.25) is 9.88 Å². The summed E-state index contributed by atoms with van der Waals surface area (Å²) in [6, 6.07) is 10.4. The zero-order chi connectivity index (χ0) is 19.9. The first-order valence-corrected chi connectivity index (χ1v) is 9.55. The van der Waals surface area contributed by atoms with Crippen molar-refractivity contribution in [2.75, 3.05) is 18.1 Å². The van der Waals surface area contributed by atoms with E-state index in [9.17, 15) is 13.2 Å². The van der Waals surface area contributed by atoms with Gasteiger partial charge in [-0.25, -0.2) is 0 Å². The van der Waals surface area contributed by atoms with Crippen LogP contribution in [-0.2, 0) is 6.54 Å². The molecule has 1 saturated heterocycles. The summed E-state index contributed by atoms with van der Waals surface area (Å²) in [4.78, 5) is 9.15. The number of hydrogen-bond acceptors (Lipinski definition) is 4. The predicted octanol–water partition coefficient (Wildman–Crippen LogP) is 4.92. The third-order valence-electron chi connectivity index (χ3n) is 5.57. The number of rotatable bonds is 5. The summed E-state index contributed by atoms with van der Waals surface area (Å²) in [5.74, 6) is 0.203. The molecule has 1 aromatic carbocycles. The van der Waals surface area contributed by atoms with Gasteiger partial charge in [-0.2, -0.15) is 0 Å². The third-order valence-corrected chi connectivity index (χ3v) is 5.57. The molecule has 1 aliphatic carbocycles. The number of anilines is 1. The minimum atomic E-state index is -4.66. The van der Waals surface area contributed by atoms with Crippen molar-refractivity contribution >= 4 is 5.69 Å². The molecule has 2 aromatic rings. The van der Waals surface area contributed by atoms with E-state index in [0.29, 0.717) is 5.92 Å². The van der Waals surface area contributed by atoms with Crippen molar-refractivity contribution < 1.29 is 17.9 Å². The van der Waals surface area contributed by atoms with Crippen LogP contribution in [0.15, 0.2) is 42.6 Å². The Morgan fingerprint density at radius 2 is 1.86 bits per heavy atom. The Morgan fingerprint density at radius 1 is 1.14 bits per heavy atom. The summed E-state index contributed by atoms with van der Waals surface area (Å²) < 4.78 is 41.0. The fraction of sp³-hybridized carbons (Fsp3) is 0.476. The average molecular weight is 391 g/mol. The molecule has 1 aromatic heterocycles. The van der Waals surface area contributed by atoms with Crippen LogP contribution in [0.1, 0.15) is 43.9 Å². The van der Waals surface area contributed by atoms with Crippen LogP contribution in [0, 0.1) is 0 Å². The Morgan fingerprint density at radius 3 is 2.46 bits per heavy atom. The second kappa shape index (κ2) is 6.95. The lowest BCUT2D eigenvalue weighted by molar-refractivity contribution is -0.274. The molecule has 28 heavy (non-hydrogen) atoms. The standard InChI is InChI=1S/C21H24F3N3O/c1-15(2)19-11-16(7-10-25-19)12-27-14-26(13-20(27)8-9-20)17-3-5-18(6-4-17)28-21(22,23)24/h3-7,10-11,15H,8-9,12-14H2,1-2H3. The molecule has 150 valence electrons. The van der Waals surface area contributed by atoms with Gasteiger partial charge in [0.15, 0.2) is 0 Å². The van der Waals surface area contributed by atoms with Crippen LogP contribution in [0.3, 0.4) is 0 Å². The van der Waals surface area contributed by atoms with Crippen LogP contribution < -0.4 is 9.64 Å². The Hall–Kier alpha value is -2.28. The van der Waals surface area contributed by atoms with Crippen LogP contribution in [0.4, 0.5) is 18.9 Å². The molecule has 2 fully saturated rings. The van der Waals surface area contributed by atoms with Crippen molar-refractivity contribution in [2.24, 2.45) is 0 Å². The summed E-state index contributed by atoms with van der Waals surface area (Å²) >= 11 is 0. The number of hydrogen-bond donors (Lipinski definition) is 0. The van der Waals surface area contributed by atoms with Gasteiger partial charge in [0, 0.05) is 36.2 Å². The number of alkyl halides is 3. The molecule has 0 amide bonds. The van der Waals surface area contributed by atoms with Gasteiger partial charge in [-0.05, 0) is 60.7 Å². The average Bonchev–Trinajstić information content (AvgIpc) is 3.32. The van der Waals surface area contributed by atoms with E-state index in [-0.39, 0.29) is 11.3 Å². The first-order chi connectivity index (χ1) is 13.2. The minimum Gasteiger partial charge on any atom is -0.406 e. The molecule has 2 aliphatic rings. The SMILES string of the molecule is CC(C)c1cc(CN2CN(c3ccc(OC(F)(F)F)cc3)CC23CC3)ccn1. The molecule has 1 aliphatic heterocycles. The summed E-state index contributed by atoms with van der Waals surface area (Å²) in [5.41, 5.74) is 3.45. The highest BCUT2D eigenvalue weighted by molar-refractivity contribution is 5.51. The Bertz CT molecular complexity index is 832. The van der Waals surface area contributed by atoms with Crippen LogP contribution in [0.2, 0.25) is 0 Å². The first-order valence-electron chi connectivity index (χ1n) is 9.55. The van der Waals surface area contributed by atoms with Gasteiger partial charge in [0.2, 0.25) is 0 Å². The number of nitrogens with zero attached hydrogens (tertiary/aromatic N) is 3. The summed E-state index contributed by atoms with van der Waals surface area (Å²) in [5, 5.41) is 0. The topological polar surface area (TPSA) is 28.6 Å². The van der Waals surface area contributed by atoms with Gasteiger partial charge in [0.25, 0.3) is 0 Å². The molecule has 1 spiro atoms. The number of halogens is 3. The molecule has 4 nitrogen and oxygen atoms in total. The van der Waals surface area contributed by atoms with E-state index in [0.717, 1.165) is 44.0 Å². The van der Waals surface area contributed by atoms with Crippen molar-refractivity contribution in [1.82, 2.24) is 9.88 Å². The Balaban J connectivity index is 1.46. The molecule has 0 N–H and O–H groups in total. The largest absolute Gasteiger partial charge is 0.573 e. The second-order valence-corrected chi connectivity index (χ2v) is 8.05. The molecule has 0 bridgehead atoms. The highest BCUT2D eigenvalue weighted by Gasteiger charge is 2.53. The summed E-state index contributed by atoms with van der Waals surface area (Å²) in [7, 11) is 0. The maximum Gasteiger partial charge on any atom is 0.573 e. The molecule has 2 heterocycles. The Kier molecular flexibility index (Phi) is 4.73. The van der Waals surface area contributed by atoms with Gasteiger partial charge in [-0.1, -0.05) is 13.8 Å². The fourth-order valence-electron chi connectivity index (χ4n) is 3.86. The molecule has 4 rings (SSSR count). The monoisotopic (exact) mass is 391 g/mol. The summed E-state index contributed by atoms with van der Waals surface area (Å²) in [6.07, 6.45) is -0.483. The van der Waals surface area contributed by atoms with Crippen LogP contribution in [0.25, 0.3) is 0 Å². The highest BCUT2D eigenvalue weighted by atomic mass is 19.4. The van der Waals surface area contributed by atoms with Crippen molar-refractivity contribution in [3.8, 4) is 5.75 Å². The van der Waals surface area contributed by atoms with E-state index in [1.54, 1.807) is 12.1 Å². The molecule has 0 unspecified atom stereocenters. The Labute approximate surface area is 162 Å². The normalized spacial score (nSPS) is 18.9. The van der Waals surface area contributed by atoms with Crippen molar-refractivity contribution in [2.45, 2.75) is 51.1 Å². The fourth-order valence-corrected chi connectivity index (χ4v) is 3.86. The molecule has 0 atom stereocenters. The maximum atomic E-state index is 12.3. The quantitative estimate of drug-likeness (QED) is 0.724. The number of ether oxygens (including phenoxy) is 1. The number of aromatic nitrogens is 1. The number of benzene rings is 1. The van der Waals surface area contributed by atoms with Crippen LogP contribution in [-0.4, -0.2) is 35.0 Å². The van der Waals surface area contributed by atoms with E-state index in [1.807, 2.05) is 6.20 Å². The molecule has 7 heteroatoms. The third kappa shape index (κ3) is 4.09. The molecule has 1 saturated carbocycles. The first kappa shape index (κ1) is 19.1. The lowest BCUT2D eigenvalue weighted by atomic mass is 10.1. The van der Waals surface area contributed by atoms with Gasteiger partial charge >= 0.3 is 6.36 Å². The molecular weight excluding hydrogens is 367 g/mol. The van der Waals surface area contributed by atoms with E-state index < -0.39 is 6.36 Å². The maximum absolute atomic E-state index is 12.3. The zero-order valence-electron chi connectivity index (χ0n) is 16.0. The highest BCUT2D eigenvalue weighted by Crippen LogP contribution is 2.48. The minimum absolute atomic E-state index is 0.183. The van der Waals surface area contributed by atoms with E-state index in [1.165, 1.54) is 17.7 Å². The van der Waals surface area contributed by atoms with Gasteiger partial charge in [-0.15, -0.1) is 13.2 Å². The summed E-state index contributed by atoms with van der Waals surface area (Å²) in [6.45, 7) is 6.79. The molecule has 0 radical (unpaired) electrons. The smallest absolute Gasteiger partial charge is 0.406 e. The van der Waals surface area contributed by atoms with Gasteiger partial charge < -0.3 is 9.64 Å². The van der Waals surface area contributed by atoms with E-state index in [4.69, 9.17) is 0 Å². The second-order valence-electron chi connectivity index (χ2n) is 8.05. The van der Waals surface area contributed by atoms with Gasteiger partial charge in [0.05, 0.1) is 6.67 Å². The van der Waals surface area contributed by atoms with Crippen molar-refractivity contribution in [1.29, 1.82) is 0 Å². The molecular formula is C21H24F3N3O. The zero-order valence-corrected chi connectivity index (χ0v) is 16.0. The predicted molar refractivity (Wildman–Crippen MR) is 101 cm³/mol. The lowest BCUT2D eigenvalue weighted by Crippen LogP contribution is -2.32.